The first-order valence-electron chi connectivity index (χ1n) is 11.5. The van der Waals surface area contributed by atoms with Crippen molar-refractivity contribution in [1.82, 2.24) is 0 Å². The Balaban J connectivity index is 1.46. The monoisotopic (exact) mass is 444 g/mol. The number of rotatable bonds is 0. The van der Waals surface area contributed by atoms with Gasteiger partial charge < -0.3 is 4.74 Å². The van der Waals surface area contributed by atoms with Crippen LogP contribution in [0.5, 0.6) is 5.75 Å². The van der Waals surface area contributed by atoms with E-state index in [1.165, 1.54) is 0 Å². The molecular weight excluding hydrogens is 424 g/mol. The van der Waals surface area contributed by atoms with Crippen molar-refractivity contribution in [2.75, 3.05) is 0 Å². The first-order valence-corrected chi connectivity index (χ1v) is 11.5. The lowest BCUT2D eigenvalue weighted by Crippen LogP contribution is -2.48. The molecule has 0 saturated heterocycles. The summed E-state index contributed by atoms with van der Waals surface area (Å²) in [5, 5.41) is 1.74. The van der Waals surface area contributed by atoms with E-state index in [1.54, 1.807) is 25.1 Å². The van der Waals surface area contributed by atoms with Gasteiger partial charge in [0.25, 0.3) is 0 Å². The smallest absolute Gasteiger partial charge is 0.211 e. The fourth-order valence-corrected chi connectivity index (χ4v) is 5.97. The minimum atomic E-state index is -1.14. The maximum Gasteiger partial charge on any atom is 0.211 e. The second-order valence-electron chi connectivity index (χ2n) is 9.64. The number of hydrogen-bond donors (Lipinski definition) is 0. The van der Waals surface area contributed by atoms with Crippen LogP contribution in [0.25, 0.3) is 22.4 Å². The normalized spacial score (nSPS) is 22.1. The van der Waals surface area contributed by atoms with E-state index in [9.17, 15) is 14.4 Å². The first-order chi connectivity index (χ1) is 16.4. The quantitative estimate of drug-likeness (QED) is 0.431. The molecule has 1 aliphatic heterocycles. The van der Waals surface area contributed by atoms with E-state index in [4.69, 9.17) is 4.74 Å². The zero-order valence-electron chi connectivity index (χ0n) is 18.8. The highest BCUT2D eigenvalue weighted by Gasteiger charge is 2.48. The lowest BCUT2D eigenvalue weighted by atomic mass is 9.72. The van der Waals surface area contributed by atoms with Gasteiger partial charge in [-0.25, -0.2) is 0 Å². The Labute approximate surface area is 196 Å². The molecule has 0 fully saturated rings. The Morgan fingerprint density at radius 3 is 2.41 bits per heavy atom. The average molecular weight is 444 g/mol. The molecule has 34 heavy (non-hydrogen) atoms. The summed E-state index contributed by atoms with van der Waals surface area (Å²) in [5.74, 6) is 0.534. The number of allylic oxidation sites excluding steroid dienone is 4. The Kier molecular flexibility index (Phi) is 3.59. The molecule has 0 saturated carbocycles. The lowest BCUT2D eigenvalue weighted by Gasteiger charge is -2.40. The van der Waals surface area contributed by atoms with Crippen LogP contribution < -0.4 is 4.74 Å². The molecule has 0 N–H and O–H groups in total. The maximum absolute atomic E-state index is 13.9. The molecule has 0 bridgehead atoms. The van der Waals surface area contributed by atoms with Crippen LogP contribution in [-0.4, -0.2) is 23.0 Å². The van der Waals surface area contributed by atoms with Gasteiger partial charge in [0.05, 0.1) is 0 Å². The van der Waals surface area contributed by atoms with E-state index < -0.39 is 5.60 Å². The molecule has 3 aromatic rings. The largest absolute Gasteiger partial charge is 0.474 e. The molecular formula is C30H20O4. The number of Topliss-reactive ketones (excluding diaryl/α,β-unsaturated/α-hetero) is 3. The molecule has 0 amide bonds. The Bertz CT molecular complexity index is 1650. The van der Waals surface area contributed by atoms with Gasteiger partial charge in [-0.3, -0.25) is 14.4 Å². The van der Waals surface area contributed by atoms with Gasteiger partial charge in [0.2, 0.25) is 5.78 Å². The second kappa shape index (κ2) is 6.29. The molecule has 3 aliphatic carbocycles. The molecule has 4 heteroatoms. The van der Waals surface area contributed by atoms with E-state index >= 15 is 0 Å². The van der Waals surface area contributed by atoms with Gasteiger partial charge in [-0.2, -0.15) is 0 Å². The standard InChI is InChI=1S/C30H20O4/c1-15-11-18-13-17-9-10-30(34-28(17)22-7-3-5-20(24(18)22)26(15)31)14-19-12-16(2)27(32)21-6-4-8-23(25(19)21)29(30)33/h3-8,11-14H,9-10H2,1-2H3. The zero-order chi connectivity index (χ0) is 23.4. The Morgan fingerprint density at radius 1 is 0.853 bits per heavy atom. The molecule has 0 radical (unpaired) electrons. The van der Waals surface area contributed by atoms with Crippen molar-refractivity contribution >= 4 is 39.8 Å². The number of fused-ring (bicyclic) bond motifs is 2. The summed E-state index contributed by atoms with van der Waals surface area (Å²) in [5.41, 5.74) is 5.65. The highest BCUT2D eigenvalue weighted by atomic mass is 16.5. The molecule has 1 spiro atoms. The third kappa shape index (κ3) is 2.30. The Hall–Kier alpha value is -4.05. The van der Waals surface area contributed by atoms with E-state index in [0.29, 0.717) is 46.4 Å². The summed E-state index contributed by atoms with van der Waals surface area (Å²) in [7, 11) is 0. The van der Waals surface area contributed by atoms with Gasteiger partial charge >= 0.3 is 0 Å². The van der Waals surface area contributed by atoms with Crippen LogP contribution in [0.4, 0.5) is 0 Å². The van der Waals surface area contributed by atoms with Crippen molar-refractivity contribution in [1.29, 1.82) is 0 Å². The van der Waals surface area contributed by atoms with Crippen LogP contribution in [0.1, 0.15) is 68.0 Å². The van der Waals surface area contributed by atoms with E-state index in [-0.39, 0.29) is 17.3 Å². The number of aryl methyl sites for hydroxylation is 1. The maximum atomic E-state index is 13.9. The molecule has 1 heterocycles. The van der Waals surface area contributed by atoms with Crippen LogP contribution in [0.3, 0.4) is 0 Å². The van der Waals surface area contributed by atoms with Crippen molar-refractivity contribution in [2.24, 2.45) is 0 Å². The molecule has 1 atom stereocenters. The predicted octanol–water partition coefficient (Wildman–Crippen LogP) is 5.93. The number of hydrogen-bond acceptors (Lipinski definition) is 4. The summed E-state index contributed by atoms with van der Waals surface area (Å²) in [6, 6.07) is 13.2. The van der Waals surface area contributed by atoms with Crippen LogP contribution in [-0.2, 0) is 6.42 Å². The SMILES string of the molecule is CC1=CC2=CC3(CCc4cc5c6c(cccc6c4O3)C(=O)C(C)=C5)C(=O)c3cccc(c32)C1=O. The van der Waals surface area contributed by atoms with Gasteiger partial charge in [0.1, 0.15) is 5.75 Å². The van der Waals surface area contributed by atoms with Crippen molar-refractivity contribution in [3.8, 4) is 5.75 Å². The summed E-state index contributed by atoms with van der Waals surface area (Å²) >= 11 is 0. The van der Waals surface area contributed by atoms with Gasteiger partial charge in [-0.1, -0.05) is 36.4 Å². The summed E-state index contributed by atoms with van der Waals surface area (Å²) < 4.78 is 6.67. The van der Waals surface area contributed by atoms with Gasteiger partial charge in [-0.05, 0) is 72.4 Å². The zero-order valence-corrected chi connectivity index (χ0v) is 18.8. The predicted molar refractivity (Wildman–Crippen MR) is 130 cm³/mol. The van der Waals surface area contributed by atoms with Crippen molar-refractivity contribution in [3.05, 3.63) is 99.1 Å². The highest BCUT2D eigenvalue weighted by molar-refractivity contribution is 6.24. The number of carbonyl (C=O) groups excluding carboxylic acids is 3. The fourth-order valence-electron chi connectivity index (χ4n) is 5.97. The highest BCUT2D eigenvalue weighted by Crippen LogP contribution is 2.48. The van der Waals surface area contributed by atoms with Crippen LogP contribution in [0, 0.1) is 0 Å². The summed E-state index contributed by atoms with van der Waals surface area (Å²) in [6.45, 7) is 3.65. The number of carbonyl (C=O) groups is 3. The van der Waals surface area contributed by atoms with Crippen molar-refractivity contribution in [2.45, 2.75) is 32.3 Å². The summed E-state index contributed by atoms with van der Waals surface area (Å²) in [4.78, 5) is 39.4. The number of ether oxygens (including phenoxy) is 1. The minimum absolute atomic E-state index is 0.0216. The van der Waals surface area contributed by atoms with E-state index in [0.717, 1.165) is 33.0 Å². The first kappa shape index (κ1) is 19.4. The van der Waals surface area contributed by atoms with Crippen molar-refractivity contribution in [3.63, 3.8) is 0 Å². The van der Waals surface area contributed by atoms with Crippen LogP contribution in [0.15, 0.2) is 65.8 Å². The molecule has 7 rings (SSSR count). The molecule has 1 unspecified atom stereocenters. The van der Waals surface area contributed by atoms with Gasteiger partial charge in [-0.15, -0.1) is 0 Å². The van der Waals surface area contributed by atoms with Gasteiger partial charge in [0.15, 0.2) is 17.2 Å². The molecule has 4 aliphatic rings. The molecule has 164 valence electrons. The summed E-state index contributed by atoms with van der Waals surface area (Å²) in [6.07, 6.45) is 6.91. The van der Waals surface area contributed by atoms with E-state index in [1.807, 2.05) is 43.4 Å². The fraction of sp³-hybridized carbons (Fsp3) is 0.167. The third-order valence-electron chi connectivity index (χ3n) is 7.59. The van der Waals surface area contributed by atoms with Crippen LogP contribution in [0.2, 0.25) is 0 Å². The molecule has 3 aromatic carbocycles. The second-order valence-corrected chi connectivity index (χ2v) is 9.64. The molecule has 4 nitrogen and oxygen atoms in total. The van der Waals surface area contributed by atoms with E-state index in [2.05, 4.69) is 6.07 Å². The number of benzene rings is 3. The van der Waals surface area contributed by atoms with Gasteiger partial charge in [0, 0.05) is 39.4 Å². The van der Waals surface area contributed by atoms with Crippen LogP contribution >= 0.6 is 0 Å². The van der Waals surface area contributed by atoms with Crippen molar-refractivity contribution < 1.29 is 19.1 Å². The third-order valence-corrected chi connectivity index (χ3v) is 7.59. The average Bonchev–Trinajstić information content (AvgIpc) is 2.84. The molecule has 0 aromatic heterocycles. The lowest BCUT2D eigenvalue weighted by molar-refractivity contribution is 0.0550. The minimum Gasteiger partial charge on any atom is -0.474 e. The Morgan fingerprint density at radius 2 is 1.56 bits per heavy atom. The number of ketones is 3. The topological polar surface area (TPSA) is 60.4 Å².